The molecule has 70 valence electrons. The smallest absolute Gasteiger partial charge is 0.256 e. The molecular formula is C9H7N3OS. The van der Waals surface area contributed by atoms with E-state index in [2.05, 4.69) is 14.9 Å². The molecule has 5 heteroatoms. The van der Waals surface area contributed by atoms with Gasteiger partial charge in [0.2, 0.25) is 0 Å². The molecule has 0 radical (unpaired) electrons. The van der Waals surface area contributed by atoms with Gasteiger partial charge in [0.1, 0.15) is 5.00 Å². The Hall–Kier alpha value is -1.75. The van der Waals surface area contributed by atoms with Crippen LogP contribution in [0.4, 0.5) is 5.00 Å². The molecule has 1 N–H and O–H groups in total. The maximum Gasteiger partial charge on any atom is 0.256 e. The molecule has 2 rings (SSSR count). The van der Waals surface area contributed by atoms with Crippen molar-refractivity contribution in [2.45, 2.75) is 0 Å². The van der Waals surface area contributed by atoms with Crippen LogP contribution in [0.5, 0.6) is 0 Å². The number of nitrogens with zero attached hydrogens (tertiary/aromatic N) is 2. The molecule has 14 heavy (non-hydrogen) atoms. The first-order valence-electron chi connectivity index (χ1n) is 4.00. The number of nitrogens with one attached hydrogen (secondary N) is 1. The average molecular weight is 205 g/mol. The predicted molar refractivity (Wildman–Crippen MR) is 54.3 cm³/mol. The Labute approximate surface area is 84.8 Å². The number of amides is 1. The van der Waals surface area contributed by atoms with Crippen molar-refractivity contribution in [1.82, 2.24) is 9.59 Å². The normalized spacial score (nSPS) is 9.71. The number of anilines is 1. The van der Waals surface area contributed by atoms with Crippen LogP contribution in [-0.4, -0.2) is 15.5 Å². The lowest BCUT2D eigenvalue weighted by atomic mass is 10.2. The second-order valence-electron chi connectivity index (χ2n) is 2.60. The highest BCUT2D eigenvalue weighted by molar-refractivity contribution is 7.10. The van der Waals surface area contributed by atoms with Crippen LogP contribution in [-0.2, 0) is 0 Å². The lowest BCUT2D eigenvalue weighted by molar-refractivity contribution is 0.102. The van der Waals surface area contributed by atoms with Crippen molar-refractivity contribution in [3.8, 4) is 0 Å². The molecule has 2 aromatic rings. The van der Waals surface area contributed by atoms with Crippen LogP contribution in [0.3, 0.4) is 0 Å². The molecule has 0 atom stereocenters. The highest BCUT2D eigenvalue weighted by atomic mass is 32.1. The average Bonchev–Trinajstić information content (AvgIpc) is 2.72. The fourth-order valence-electron chi connectivity index (χ4n) is 0.996. The fraction of sp³-hybridized carbons (Fsp3) is 0. The van der Waals surface area contributed by atoms with Gasteiger partial charge in [-0.25, -0.2) is 0 Å². The molecule has 0 unspecified atom stereocenters. The van der Waals surface area contributed by atoms with E-state index >= 15 is 0 Å². The molecule has 0 saturated carbocycles. The third kappa shape index (κ3) is 1.94. The summed E-state index contributed by atoms with van der Waals surface area (Å²) >= 11 is 1.15. The Balaban J connectivity index is 2.11. The van der Waals surface area contributed by atoms with Gasteiger partial charge in [-0.3, -0.25) is 4.79 Å². The summed E-state index contributed by atoms with van der Waals surface area (Å²) in [5, 5.41) is 6.97. The van der Waals surface area contributed by atoms with Gasteiger partial charge < -0.3 is 5.32 Å². The van der Waals surface area contributed by atoms with Gasteiger partial charge in [0.05, 0.1) is 6.20 Å². The third-order valence-corrected chi connectivity index (χ3v) is 2.21. The zero-order chi connectivity index (χ0) is 9.80. The Morgan fingerprint density at radius 1 is 1.29 bits per heavy atom. The van der Waals surface area contributed by atoms with Gasteiger partial charge in [-0.2, -0.15) is 0 Å². The van der Waals surface area contributed by atoms with Crippen LogP contribution >= 0.6 is 11.5 Å². The summed E-state index contributed by atoms with van der Waals surface area (Å²) in [6, 6.07) is 9.01. The SMILES string of the molecule is O=C(Nc1cnns1)c1ccccc1. The topological polar surface area (TPSA) is 54.9 Å². The lowest BCUT2D eigenvalue weighted by Crippen LogP contribution is -2.10. The molecule has 0 aliphatic carbocycles. The van der Waals surface area contributed by atoms with Crippen LogP contribution in [0.1, 0.15) is 10.4 Å². The molecule has 0 bridgehead atoms. The number of carbonyl (C=O) groups excluding carboxylic acids is 1. The van der Waals surface area contributed by atoms with E-state index in [0.29, 0.717) is 10.6 Å². The van der Waals surface area contributed by atoms with Gasteiger partial charge in [-0.15, -0.1) is 5.10 Å². The van der Waals surface area contributed by atoms with Crippen LogP contribution in [0.15, 0.2) is 36.5 Å². The first-order valence-corrected chi connectivity index (χ1v) is 4.77. The van der Waals surface area contributed by atoms with Crippen LogP contribution in [0.25, 0.3) is 0 Å². The minimum Gasteiger partial charge on any atom is -0.311 e. The first-order chi connectivity index (χ1) is 6.86. The van der Waals surface area contributed by atoms with E-state index in [1.807, 2.05) is 18.2 Å². The summed E-state index contributed by atoms with van der Waals surface area (Å²) in [5.41, 5.74) is 0.626. The minimum absolute atomic E-state index is 0.142. The Morgan fingerprint density at radius 2 is 2.07 bits per heavy atom. The van der Waals surface area contributed by atoms with Gasteiger partial charge in [-0.1, -0.05) is 22.7 Å². The van der Waals surface area contributed by atoms with E-state index < -0.39 is 0 Å². The zero-order valence-corrected chi connectivity index (χ0v) is 7.99. The molecule has 0 spiro atoms. The molecule has 1 aromatic carbocycles. The van der Waals surface area contributed by atoms with Gasteiger partial charge in [0.25, 0.3) is 5.91 Å². The number of hydrogen-bond donors (Lipinski definition) is 1. The molecule has 4 nitrogen and oxygen atoms in total. The van der Waals surface area contributed by atoms with E-state index in [-0.39, 0.29) is 5.91 Å². The third-order valence-electron chi connectivity index (χ3n) is 1.63. The fourth-order valence-corrected chi connectivity index (χ4v) is 1.41. The zero-order valence-electron chi connectivity index (χ0n) is 7.18. The number of carbonyl (C=O) groups is 1. The number of hydrogen-bond acceptors (Lipinski definition) is 4. The monoisotopic (exact) mass is 205 g/mol. The second-order valence-corrected chi connectivity index (χ2v) is 3.39. The van der Waals surface area contributed by atoms with Crippen molar-refractivity contribution in [2.24, 2.45) is 0 Å². The summed E-state index contributed by atoms with van der Waals surface area (Å²) in [7, 11) is 0. The maximum atomic E-state index is 11.6. The summed E-state index contributed by atoms with van der Waals surface area (Å²) in [4.78, 5) is 11.6. The summed E-state index contributed by atoms with van der Waals surface area (Å²) in [6.07, 6.45) is 1.52. The van der Waals surface area contributed by atoms with Crippen LogP contribution in [0.2, 0.25) is 0 Å². The van der Waals surface area contributed by atoms with Crippen LogP contribution < -0.4 is 5.32 Å². The Kier molecular flexibility index (Phi) is 2.51. The Bertz CT molecular complexity index is 413. The van der Waals surface area contributed by atoms with Crippen molar-refractivity contribution < 1.29 is 4.79 Å². The summed E-state index contributed by atoms with van der Waals surface area (Å²) in [5.74, 6) is -0.142. The maximum absolute atomic E-state index is 11.6. The highest BCUT2D eigenvalue weighted by Crippen LogP contribution is 2.11. The number of rotatable bonds is 2. The second kappa shape index (κ2) is 3.97. The molecule has 1 heterocycles. The van der Waals surface area contributed by atoms with Crippen LogP contribution in [0, 0.1) is 0 Å². The van der Waals surface area contributed by atoms with E-state index in [1.54, 1.807) is 12.1 Å². The van der Waals surface area contributed by atoms with Gasteiger partial charge >= 0.3 is 0 Å². The molecule has 0 aliphatic rings. The molecule has 0 fully saturated rings. The highest BCUT2D eigenvalue weighted by Gasteiger charge is 2.05. The van der Waals surface area contributed by atoms with Crippen molar-refractivity contribution >= 4 is 22.4 Å². The van der Waals surface area contributed by atoms with E-state index in [1.165, 1.54) is 6.20 Å². The van der Waals surface area contributed by atoms with Gasteiger partial charge in [0.15, 0.2) is 0 Å². The van der Waals surface area contributed by atoms with Gasteiger partial charge in [0, 0.05) is 17.1 Å². The minimum atomic E-state index is -0.142. The number of benzene rings is 1. The van der Waals surface area contributed by atoms with E-state index in [0.717, 1.165) is 11.5 Å². The van der Waals surface area contributed by atoms with Crippen molar-refractivity contribution in [3.63, 3.8) is 0 Å². The Morgan fingerprint density at radius 3 is 2.71 bits per heavy atom. The molecule has 0 aliphatic heterocycles. The quantitative estimate of drug-likeness (QED) is 0.813. The largest absolute Gasteiger partial charge is 0.311 e. The standard InChI is InChI=1S/C9H7N3OS/c13-9(7-4-2-1-3-5-7)11-8-6-10-12-14-8/h1-6H,(H,11,13). The summed E-state index contributed by atoms with van der Waals surface area (Å²) in [6.45, 7) is 0. The van der Waals surface area contributed by atoms with Crippen molar-refractivity contribution in [3.05, 3.63) is 42.1 Å². The summed E-state index contributed by atoms with van der Waals surface area (Å²) < 4.78 is 3.65. The predicted octanol–water partition coefficient (Wildman–Crippen LogP) is 1.79. The van der Waals surface area contributed by atoms with Crippen molar-refractivity contribution in [1.29, 1.82) is 0 Å². The van der Waals surface area contributed by atoms with Crippen molar-refractivity contribution in [2.75, 3.05) is 5.32 Å². The lowest BCUT2D eigenvalue weighted by Gasteiger charge is -1.99. The molecule has 1 amide bonds. The molecular weight excluding hydrogens is 198 g/mol. The number of aromatic nitrogens is 2. The first kappa shape index (κ1) is 8.83. The van der Waals surface area contributed by atoms with E-state index in [4.69, 9.17) is 0 Å². The van der Waals surface area contributed by atoms with E-state index in [9.17, 15) is 4.79 Å². The molecule has 1 aromatic heterocycles. The van der Waals surface area contributed by atoms with Gasteiger partial charge in [-0.05, 0) is 12.1 Å². The molecule has 0 saturated heterocycles.